The molecule has 0 spiro atoms. The largest absolute Gasteiger partial charge is 0.508 e. The fourth-order valence-corrected chi connectivity index (χ4v) is 5.51. The van der Waals surface area contributed by atoms with Crippen molar-refractivity contribution in [2.75, 3.05) is 19.8 Å². The highest BCUT2D eigenvalue weighted by Crippen LogP contribution is 2.56. The zero-order chi connectivity index (χ0) is 23.7. The highest BCUT2D eigenvalue weighted by atomic mass is 19.1. The van der Waals surface area contributed by atoms with Crippen LogP contribution in [0.25, 0.3) is 0 Å². The average molecular weight is 446 g/mol. The third kappa shape index (κ3) is 3.93. The Labute approximate surface area is 187 Å². The number of nitrogens with zero attached hydrogens (tertiary/aromatic N) is 1. The summed E-state index contributed by atoms with van der Waals surface area (Å²) in [6.07, 6.45) is 3.11. The van der Waals surface area contributed by atoms with Gasteiger partial charge in [-0.3, -0.25) is 14.5 Å². The van der Waals surface area contributed by atoms with E-state index >= 15 is 0 Å². The van der Waals surface area contributed by atoms with Crippen LogP contribution in [0.2, 0.25) is 0 Å². The summed E-state index contributed by atoms with van der Waals surface area (Å²) in [6, 6.07) is 4.67. The molecule has 1 fully saturated rings. The average Bonchev–Trinajstić information content (AvgIpc) is 2.74. The fourth-order valence-electron chi connectivity index (χ4n) is 5.51. The van der Waals surface area contributed by atoms with Crippen molar-refractivity contribution in [3.05, 3.63) is 52.2 Å². The lowest BCUT2D eigenvalue weighted by molar-refractivity contribution is -0.139. The molecule has 1 aliphatic carbocycles. The monoisotopic (exact) mass is 445 g/mol. The van der Waals surface area contributed by atoms with Gasteiger partial charge in [-0.1, -0.05) is 6.07 Å². The number of phenols is 1. The van der Waals surface area contributed by atoms with Crippen LogP contribution < -0.4 is 11.1 Å². The van der Waals surface area contributed by atoms with E-state index in [9.17, 15) is 24.2 Å². The maximum absolute atomic E-state index is 13.3. The van der Waals surface area contributed by atoms with Gasteiger partial charge >= 0.3 is 0 Å². The van der Waals surface area contributed by atoms with Gasteiger partial charge in [-0.2, -0.15) is 0 Å². The molecule has 1 heterocycles. The molecule has 0 aromatic heterocycles. The minimum absolute atomic E-state index is 0.0882. The highest BCUT2D eigenvalue weighted by Gasteiger charge is 2.61. The maximum Gasteiger partial charge on any atom is 0.244 e. The molecular weight excluding hydrogens is 413 g/mol. The first-order valence-electron chi connectivity index (χ1n) is 10.8. The number of aromatic hydroxyl groups is 1. The molecule has 0 radical (unpaired) electrons. The van der Waals surface area contributed by atoms with Gasteiger partial charge in [0, 0.05) is 42.1 Å². The summed E-state index contributed by atoms with van der Waals surface area (Å²) >= 11 is 0. The second kappa shape index (κ2) is 9.03. The minimum atomic E-state index is -1.35. The van der Waals surface area contributed by atoms with Crippen LogP contribution in [-0.4, -0.2) is 58.8 Å². The summed E-state index contributed by atoms with van der Waals surface area (Å²) in [5.41, 5.74) is 6.46. The van der Waals surface area contributed by atoms with Gasteiger partial charge in [0.1, 0.15) is 12.4 Å². The quantitative estimate of drug-likeness (QED) is 0.378. The predicted octanol–water partition coefficient (Wildman–Crippen LogP) is 1.96. The highest BCUT2D eigenvalue weighted by molar-refractivity contribution is 5.91. The van der Waals surface area contributed by atoms with Crippen molar-refractivity contribution in [3.8, 4) is 5.75 Å². The van der Waals surface area contributed by atoms with Gasteiger partial charge in [0.15, 0.2) is 0 Å². The lowest BCUT2D eigenvalue weighted by Gasteiger charge is -2.60. The first-order valence-corrected chi connectivity index (χ1v) is 10.8. The number of halogens is 1. The molecule has 3 rings (SSSR count). The van der Waals surface area contributed by atoms with Gasteiger partial charge in [0.2, 0.25) is 12.3 Å². The predicted molar refractivity (Wildman–Crippen MR) is 120 cm³/mol. The van der Waals surface area contributed by atoms with Crippen molar-refractivity contribution in [2.24, 2.45) is 5.73 Å². The van der Waals surface area contributed by atoms with E-state index < -0.39 is 29.6 Å². The van der Waals surface area contributed by atoms with Gasteiger partial charge < -0.3 is 21.3 Å². The number of benzene rings is 1. The van der Waals surface area contributed by atoms with E-state index in [4.69, 9.17) is 5.73 Å². The van der Waals surface area contributed by atoms with Gasteiger partial charge in [-0.05, 0) is 68.6 Å². The number of hydrogen-bond donors (Lipinski definition) is 4. The summed E-state index contributed by atoms with van der Waals surface area (Å²) in [7, 11) is 0. The Bertz CT molecular complexity index is 976. The van der Waals surface area contributed by atoms with E-state index in [1.807, 2.05) is 24.8 Å². The van der Waals surface area contributed by atoms with Gasteiger partial charge in [-0.15, -0.1) is 0 Å². The number of allylic oxidation sites excluding steroid dienone is 2. The lowest BCUT2D eigenvalue weighted by atomic mass is 9.53. The van der Waals surface area contributed by atoms with E-state index in [1.54, 1.807) is 25.1 Å². The van der Waals surface area contributed by atoms with Gasteiger partial charge in [-0.25, -0.2) is 4.39 Å². The Morgan fingerprint density at radius 2 is 2.12 bits per heavy atom. The van der Waals surface area contributed by atoms with E-state index in [0.29, 0.717) is 36.2 Å². The number of aliphatic hydroxyl groups is 1. The number of alkyl halides is 1. The number of carbonyl (C=O) groups is 2. The molecule has 7 nitrogen and oxygen atoms in total. The molecule has 5 N–H and O–H groups in total. The topological polar surface area (TPSA) is 116 Å². The number of hydrogen-bond acceptors (Lipinski definition) is 5. The molecule has 1 aromatic carbocycles. The Kier molecular flexibility index (Phi) is 6.76. The molecule has 2 amide bonds. The number of nitrogens with one attached hydrogen (secondary N) is 1. The zero-order valence-corrected chi connectivity index (χ0v) is 18.8. The summed E-state index contributed by atoms with van der Waals surface area (Å²) in [4.78, 5) is 25.0. The fraction of sp³-hybridized carbons (Fsp3) is 0.500. The molecule has 1 saturated heterocycles. The van der Waals surface area contributed by atoms with Crippen LogP contribution in [0.3, 0.4) is 0 Å². The van der Waals surface area contributed by atoms with Crippen LogP contribution in [-0.2, 0) is 15.0 Å². The van der Waals surface area contributed by atoms with Crippen LogP contribution >= 0.6 is 0 Å². The number of nitrogens with two attached hydrogens (primary N) is 1. The van der Waals surface area contributed by atoms with E-state index in [1.165, 1.54) is 0 Å². The number of phenolic OH excluding ortho intramolecular Hbond substituents is 1. The molecule has 1 aromatic rings. The molecular formula is C24H32FN3O4. The Hall–Kier alpha value is -2.71. The standard InChI is InChI=1S/C24H32FN3O4/c1-15-4-5-19(30)11-20(15)23-6-8-28(9-7-25)17(3)24(23,32)12-18(10-16(2)22(26)31)21(13-23)27-14-29/h4-5,10-11,14,17,30,32H,6-9,12-13H2,1-3H3,(H2,26,31)(H,27,29)/b16-10+. The van der Waals surface area contributed by atoms with Crippen molar-refractivity contribution >= 4 is 12.3 Å². The van der Waals surface area contributed by atoms with E-state index in [-0.39, 0.29) is 25.1 Å². The Balaban J connectivity index is 2.26. The number of rotatable bonds is 7. The summed E-state index contributed by atoms with van der Waals surface area (Å²) in [6.45, 7) is 5.61. The summed E-state index contributed by atoms with van der Waals surface area (Å²) in [5, 5.41) is 25.4. The number of fused-ring (bicyclic) bond motifs is 1. The second-order valence-corrected chi connectivity index (χ2v) is 8.97. The normalized spacial score (nSPS) is 28.9. The third-order valence-corrected chi connectivity index (χ3v) is 7.34. The number of piperidine rings is 1. The van der Waals surface area contributed by atoms with Crippen LogP contribution in [0.15, 0.2) is 41.1 Å². The maximum atomic E-state index is 13.3. The van der Waals surface area contributed by atoms with Crippen molar-refractivity contribution in [1.29, 1.82) is 0 Å². The molecule has 3 unspecified atom stereocenters. The van der Waals surface area contributed by atoms with Crippen molar-refractivity contribution in [3.63, 3.8) is 0 Å². The SMILES string of the molecule is C/C(=C\C1=C(NC=O)CC2(c3cc(O)ccc3C)CCN(CCF)C(C)C2(O)C1)C(N)=O. The van der Waals surface area contributed by atoms with Crippen molar-refractivity contribution in [1.82, 2.24) is 10.2 Å². The first-order chi connectivity index (χ1) is 15.1. The molecule has 0 bridgehead atoms. The third-order valence-electron chi connectivity index (χ3n) is 7.34. The van der Waals surface area contributed by atoms with E-state index in [2.05, 4.69) is 5.32 Å². The van der Waals surface area contributed by atoms with Crippen LogP contribution in [0.1, 0.15) is 44.2 Å². The molecule has 1 aliphatic heterocycles. The Morgan fingerprint density at radius 1 is 1.41 bits per heavy atom. The Morgan fingerprint density at radius 3 is 2.75 bits per heavy atom. The van der Waals surface area contributed by atoms with Crippen LogP contribution in [0, 0.1) is 6.92 Å². The second-order valence-electron chi connectivity index (χ2n) is 8.97. The van der Waals surface area contributed by atoms with Gasteiger partial charge in [0.05, 0.1) is 5.60 Å². The summed E-state index contributed by atoms with van der Waals surface area (Å²) in [5.74, 6) is -0.503. The minimum Gasteiger partial charge on any atom is -0.508 e. The molecule has 32 heavy (non-hydrogen) atoms. The number of likely N-dealkylation sites (tertiary alicyclic amines) is 1. The molecule has 174 valence electrons. The van der Waals surface area contributed by atoms with Crippen LogP contribution in [0.4, 0.5) is 4.39 Å². The lowest BCUT2D eigenvalue weighted by Crippen LogP contribution is -2.69. The van der Waals surface area contributed by atoms with E-state index in [0.717, 1.165) is 11.1 Å². The van der Waals surface area contributed by atoms with Gasteiger partial charge in [0.25, 0.3) is 0 Å². The number of amides is 2. The molecule has 0 saturated carbocycles. The molecule has 2 aliphatic rings. The zero-order valence-electron chi connectivity index (χ0n) is 18.8. The molecule has 8 heteroatoms. The van der Waals surface area contributed by atoms with Crippen molar-refractivity contribution in [2.45, 2.75) is 57.1 Å². The smallest absolute Gasteiger partial charge is 0.244 e. The van der Waals surface area contributed by atoms with Crippen molar-refractivity contribution < 1.29 is 24.2 Å². The molecule has 3 atom stereocenters. The summed E-state index contributed by atoms with van der Waals surface area (Å²) < 4.78 is 13.3. The number of primary amides is 1. The first kappa shape index (κ1) is 23.9. The number of carbonyl (C=O) groups excluding carboxylic acids is 2. The number of aryl methyl sites for hydroxylation is 1. The van der Waals surface area contributed by atoms with Crippen LogP contribution in [0.5, 0.6) is 5.75 Å².